The molecule has 0 spiro atoms. The molecule has 1 heterocycles. The van der Waals surface area contributed by atoms with E-state index in [9.17, 15) is 27.9 Å². The molecule has 0 saturated carbocycles. The third-order valence-corrected chi connectivity index (χ3v) is 6.02. The van der Waals surface area contributed by atoms with E-state index in [2.05, 4.69) is 4.99 Å². The van der Waals surface area contributed by atoms with Crippen molar-refractivity contribution in [3.05, 3.63) is 87.4 Å². The van der Waals surface area contributed by atoms with E-state index in [1.165, 1.54) is 35.4 Å². The van der Waals surface area contributed by atoms with Crippen LogP contribution >= 0.6 is 11.6 Å². The van der Waals surface area contributed by atoms with E-state index in [0.717, 1.165) is 29.3 Å². The Bertz CT molecular complexity index is 1460. The van der Waals surface area contributed by atoms with Gasteiger partial charge in [-0.3, -0.25) is 14.7 Å². The second-order valence-corrected chi connectivity index (χ2v) is 9.00. The van der Waals surface area contributed by atoms with Crippen LogP contribution in [0, 0.1) is 13.8 Å². The van der Waals surface area contributed by atoms with Crippen LogP contribution in [-0.2, 0) is 15.8 Å². The number of carboxylic acids is 1. The van der Waals surface area contributed by atoms with Crippen LogP contribution in [0.4, 0.5) is 30.2 Å². The molecule has 3 aromatic carbocycles. The number of amides is 1. The number of aromatic hydroxyl groups is 1. The number of hydrogen-bond acceptors (Lipinski definition) is 4. The fourth-order valence-corrected chi connectivity index (χ4v) is 4.29. The Balaban J connectivity index is 1.75. The van der Waals surface area contributed by atoms with Crippen molar-refractivity contribution < 1.29 is 33.0 Å². The number of halogens is 4. The molecule has 0 fully saturated rings. The number of carboxylic acid groups (broad SMARTS) is 1. The molecule has 10 heteroatoms. The van der Waals surface area contributed by atoms with Gasteiger partial charge in [0.05, 0.1) is 11.3 Å². The van der Waals surface area contributed by atoms with Gasteiger partial charge in [-0.2, -0.15) is 13.2 Å². The van der Waals surface area contributed by atoms with Crippen LogP contribution in [0.5, 0.6) is 5.75 Å². The number of aliphatic carboxylic acids is 1. The van der Waals surface area contributed by atoms with Gasteiger partial charge in [0.15, 0.2) is 0 Å². The summed E-state index contributed by atoms with van der Waals surface area (Å²) < 4.78 is 40.4. The van der Waals surface area contributed by atoms with Crippen LogP contribution in [-0.4, -0.2) is 28.3 Å². The van der Waals surface area contributed by atoms with Crippen LogP contribution in [0.1, 0.15) is 33.7 Å². The minimum absolute atomic E-state index is 0.0784. The molecule has 0 aliphatic carbocycles. The number of phenolic OH excluding ortho intramolecular Hbond substituents is 1. The number of benzene rings is 3. The maximum Gasteiger partial charge on any atom is 0.416 e. The average Bonchev–Trinajstić information content (AvgIpc) is 3.07. The van der Waals surface area contributed by atoms with Crippen LogP contribution in [0.3, 0.4) is 0 Å². The Labute approximate surface area is 215 Å². The zero-order valence-electron chi connectivity index (χ0n) is 19.5. The maximum atomic E-state index is 13.5. The molecule has 1 aliphatic heterocycles. The highest BCUT2D eigenvalue weighted by molar-refractivity contribution is 6.43. The van der Waals surface area contributed by atoms with Gasteiger partial charge >= 0.3 is 12.1 Å². The van der Waals surface area contributed by atoms with Gasteiger partial charge in [0.25, 0.3) is 0 Å². The molecule has 4 rings (SSSR count). The van der Waals surface area contributed by atoms with Crippen LogP contribution in [0.2, 0.25) is 0 Å². The highest BCUT2D eigenvalue weighted by Crippen LogP contribution is 2.45. The number of fused-ring (bicyclic) bond motifs is 1. The van der Waals surface area contributed by atoms with E-state index in [1.54, 1.807) is 12.1 Å². The molecule has 1 aliphatic rings. The fraction of sp³-hybridized carbons (Fsp3) is 0.148. The summed E-state index contributed by atoms with van der Waals surface area (Å²) in [7, 11) is 0. The summed E-state index contributed by atoms with van der Waals surface area (Å²) >= 11 is 5.61. The summed E-state index contributed by atoms with van der Waals surface area (Å²) in [6.45, 7) is 3.66. The molecule has 1 unspecified atom stereocenters. The van der Waals surface area contributed by atoms with Gasteiger partial charge in [-0.15, -0.1) is 0 Å². The van der Waals surface area contributed by atoms with E-state index in [-0.39, 0.29) is 17.1 Å². The van der Waals surface area contributed by atoms with Crippen molar-refractivity contribution in [2.24, 2.45) is 4.99 Å². The van der Waals surface area contributed by atoms with Gasteiger partial charge in [0.2, 0.25) is 5.91 Å². The van der Waals surface area contributed by atoms with Crippen LogP contribution < -0.4 is 4.90 Å². The minimum Gasteiger partial charge on any atom is -0.506 e. The Hall–Kier alpha value is -4.11. The van der Waals surface area contributed by atoms with Crippen molar-refractivity contribution in [1.82, 2.24) is 0 Å². The molecule has 190 valence electrons. The molecule has 1 atom stereocenters. The first kappa shape index (κ1) is 26.0. The van der Waals surface area contributed by atoms with Crippen molar-refractivity contribution >= 4 is 52.8 Å². The first-order valence-electron chi connectivity index (χ1n) is 11.0. The number of nitrogens with zero attached hydrogens (tertiary/aromatic N) is 2. The van der Waals surface area contributed by atoms with Crippen LogP contribution in [0.15, 0.2) is 64.6 Å². The molecule has 0 saturated heterocycles. The Morgan fingerprint density at radius 2 is 1.73 bits per heavy atom. The summed E-state index contributed by atoms with van der Waals surface area (Å²) in [5.74, 6) is -3.12. The third kappa shape index (κ3) is 5.36. The maximum absolute atomic E-state index is 13.5. The minimum atomic E-state index is -4.59. The largest absolute Gasteiger partial charge is 0.506 e. The number of phenols is 1. The molecular weight excluding hydrogens is 509 g/mol. The number of rotatable bonds is 5. The predicted octanol–water partition coefficient (Wildman–Crippen LogP) is 6.86. The zero-order chi connectivity index (χ0) is 27.1. The lowest BCUT2D eigenvalue weighted by atomic mass is 10.0. The molecule has 0 radical (unpaired) electrons. The van der Waals surface area contributed by atoms with E-state index in [0.29, 0.717) is 16.8 Å². The Morgan fingerprint density at radius 3 is 2.32 bits per heavy atom. The highest BCUT2D eigenvalue weighted by atomic mass is 35.5. The predicted molar refractivity (Wildman–Crippen MR) is 135 cm³/mol. The second-order valence-electron chi connectivity index (χ2n) is 8.59. The fourth-order valence-electron chi connectivity index (χ4n) is 4.16. The summed E-state index contributed by atoms with van der Waals surface area (Å²) in [6, 6.07) is 12.6. The SMILES string of the molecule is Cc1cc(C)cc(N2C(=O)C(C=Nc3ccc(C=C(Cl)C(=O)O)cc3O)c3ccc(C(F)(F)F)cc32)c1. The lowest BCUT2D eigenvalue weighted by molar-refractivity contribution is -0.137. The van der Waals surface area contributed by atoms with Crippen molar-refractivity contribution in [1.29, 1.82) is 0 Å². The lowest BCUT2D eigenvalue weighted by Crippen LogP contribution is -2.24. The van der Waals surface area contributed by atoms with Crippen molar-refractivity contribution in [2.75, 3.05) is 4.90 Å². The van der Waals surface area contributed by atoms with Crippen molar-refractivity contribution in [3.8, 4) is 5.75 Å². The van der Waals surface area contributed by atoms with Gasteiger partial charge in [-0.1, -0.05) is 29.8 Å². The van der Waals surface area contributed by atoms with Crippen molar-refractivity contribution in [2.45, 2.75) is 25.9 Å². The smallest absolute Gasteiger partial charge is 0.416 e. The van der Waals surface area contributed by atoms with E-state index in [4.69, 9.17) is 16.7 Å². The number of alkyl halides is 3. The zero-order valence-corrected chi connectivity index (χ0v) is 20.3. The van der Waals surface area contributed by atoms with Crippen molar-refractivity contribution in [3.63, 3.8) is 0 Å². The van der Waals surface area contributed by atoms with E-state index < -0.39 is 34.6 Å². The Kier molecular flexibility index (Phi) is 6.84. The molecule has 2 N–H and O–H groups in total. The third-order valence-electron chi connectivity index (χ3n) is 5.74. The molecule has 37 heavy (non-hydrogen) atoms. The molecule has 0 aromatic heterocycles. The van der Waals surface area contributed by atoms with E-state index >= 15 is 0 Å². The highest BCUT2D eigenvalue weighted by Gasteiger charge is 2.40. The number of carbonyl (C=O) groups excluding carboxylic acids is 1. The summed E-state index contributed by atoms with van der Waals surface area (Å²) in [5, 5.41) is 18.8. The second kappa shape index (κ2) is 9.74. The molecular formula is C27H20ClF3N2O4. The standard InChI is InChI=1S/C27H20ClF3N2O4/c1-14-7-15(2)9-18(8-14)33-23-12-17(27(29,30)31)4-5-19(23)20(25(33)35)13-32-22-6-3-16(11-24(22)34)10-21(28)26(36)37/h3-13,20,34H,1-2H3,(H,36,37). The number of carbonyl (C=O) groups is 2. The number of anilines is 2. The summed E-state index contributed by atoms with van der Waals surface area (Å²) in [4.78, 5) is 29.9. The first-order chi connectivity index (χ1) is 17.3. The number of hydrogen-bond donors (Lipinski definition) is 2. The molecule has 3 aromatic rings. The van der Waals surface area contributed by atoms with Crippen LogP contribution in [0.25, 0.3) is 6.08 Å². The molecule has 1 amide bonds. The average molecular weight is 529 g/mol. The number of aliphatic imine (C=N–C) groups is 1. The first-order valence-corrected chi connectivity index (χ1v) is 11.3. The quantitative estimate of drug-likeness (QED) is 0.280. The van der Waals surface area contributed by atoms with Gasteiger partial charge in [-0.25, -0.2) is 4.79 Å². The van der Waals surface area contributed by atoms with Gasteiger partial charge in [0, 0.05) is 11.9 Å². The molecule has 0 bridgehead atoms. The van der Waals surface area contributed by atoms with Gasteiger partial charge < -0.3 is 10.2 Å². The monoisotopic (exact) mass is 528 g/mol. The topological polar surface area (TPSA) is 90.2 Å². The summed E-state index contributed by atoms with van der Waals surface area (Å²) in [5.41, 5.74) is 2.08. The Morgan fingerprint density at radius 1 is 1.05 bits per heavy atom. The molecule has 6 nitrogen and oxygen atoms in total. The van der Waals surface area contributed by atoms with Gasteiger partial charge in [0.1, 0.15) is 22.4 Å². The summed E-state index contributed by atoms with van der Waals surface area (Å²) in [6.07, 6.45) is -2.18. The lowest BCUT2D eigenvalue weighted by Gasteiger charge is -2.20. The van der Waals surface area contributed by atoms with E-state index in [1.807, 2.05) is 19.9 Å². The number of aryl methyl sites for hydroxylation is 2. The van der Waals surface area contributed by atoms with Gasteiger partial charge in [-0.05, 0) is 78.6 Å². The normalized spacial score (nSPS) is 15.9.